The van der Waals surface area contributed by atoms with Crippen LogP contribution in [0.15, 0.2) is 35.4 Å². The molecule has 2 aromatic rings. The van der Waals surface area contributed by atoms with Gasteiger partial charge in [0.25, 0.3) is 10.0 Å². The van der Waals surface area contributed by atoms with E-state index in [4.69, 9.17) is 0 Å². The molecule has 0 unspecified atom stereocenters. The van der Waals surface area contributed by atoms with Crippen LogP contribution >= 0.6 is 0 Å². The van der Waals surface area contributed by atoms with Crippen molar-refractivity contribution >= 4 is 15.7 Å². The first-order chi connectivity index (χ1) is 10.5. The quantitative estimate of drug-likeness (QED) is 0.921. The predicted octanol–water partition coefficient (Wildman–Crippen LogP) is 3.83. The van der Waals surface area contributed by atoms with Crippen LogP contribution in [0, 0.1) is 20.8 Å². The third-order valence-corrected chi connectivity index (χ3v) is 4.66. The molecule has 4 nitrogen and oxygen atoms in total. The highest BCUT2D eigenvalue weighted by Gasteiger charge is 2.33. The number of anilines is 1. The number of nitrogens with zero attached hydrogens (tertiary/aromatic N) is 1. The van der Waals surface area contributed by atoms with E-state index in [1.807, 2.05) is 0 Å². The Bertz CT molecular complexity index is 846. The van der Waals surface area contributed by atoms with E-state index in [0.29, 0.717) is 11.8 Å². The number of aromatic nitrogens is 1. The maximum absolute atomic E-state index is 12.9. The van der Waals surface area contributed by atoms with E-state index in [1.54, 1.807) is 26.1 Å². The van der Waals surface area contributed by atoms with Crippen LogP contribution in [0.2, 0.25) is 0 Å². The molecule has 1 aromatic heterocycles. The summed E-state index contributed by atoms with van der Waals surface area (Å²) in [7, 11) is -4.14. The van der Waals surface area contributed by atoms with Crippen LogP contribution in [-0.2, 0) is 16.2 Å². The fraction of sp³-hybridized carbons (Fsp3) is 0.267. The molecule has 0 saturated carbocycles. The number of hydrogen-bond donors (Lipinski definition) is 1. The van der Waals surface area contributed by atoms with E-state index in [1.165, 1.54) is 6.92 Å². The molecule has 0 fully saturated rings. The Morgan fingerprint density at radius 2 is 1.74 bits per heavy atom. The van der Waals surface area contributed by atoms with E-state index in [9.17, 15) is 21.6 Å². The van der Waals surface area contributed by atoms with Crippen molar-refractivity contribution in [3.05, 3.63) is 52.8 Å². The first-order valence-electron chi connectivity index (χ1n) is 6.64. The van der Waals surface area contributed by atoms with Gasteiger partial charge in [-0.05, 0) is 50.1 Å². The Kier molecular flexibility index (Phi) is 4.39. The smallest absolute Gasteiger partial charge is 0.278 e. The SMILES string of the molecule is Cc1cnc(C)c(NS(=O)(=O)c2ccc(C)c(C(F)(F)F)c2)c1. The first-order valence-corrected chi connectivity index (χ1v) is 8.13. The number of benzene rings is 1. The van der Waals surface area contributed by atoms with Crippen LogP contribution in [0.3, 0.4) is 0 Å². The van der Waals surface area contributed by atoms with Gasteiger partial charge in [0.05, 0.1) is 21.8 Å². The van der Waals surface area contributed by atoms with Gasteiger partial charge in [-0.15, -0.1) is 0 Å². The Morgan fingerprint density at radius 3 is 2.35 bits per heavy atom. The molecule has 0 aliphatic carbocycles. The van der Waals surface area contributed by atoms with Gasteiger partial charge in [-0.1, -0.05) is 6.07 Å². The number of alkyl halides is 3. The Labute approximate surface area is 132 Å². The molecule has 0 atom stereocenters. The number of hydrogen-bond acceptors (Lipinski definition) is 3. The Hall–Kier alpha value is -2.09. The van der Waals surface area contributed by atoms with Crippen LogP contribution in [0.1, 0.15) is 22.4 Å². The lowest BCUT2D eigenvalue weighted by Crippen LogP contribution is -2.16. The molecule has 1 heterocycles. The molecule has 23 heavy (non-hydrogen) atoms. The van der Waals surface area contributed by atoms with Crippen molar-refractivity contribution in [3.8, 4) is 0 Å². The Balaban J connectivity index is 2.46. The number of aryl methyl sites for hydroxylation is 3. The summed E-state index contributed by atoms with van der Waals surface area (Å²) in [6, 6.07) is 4.49. The van der Waals surface area contributed by atoms with Gasteiger partial charge >= 0.3 is 6.18 Å². The molecule has 0 aliphatic heterocycles. The summed E-state index contributed by atoms with van der Waals surface area (Å²) in [6.45, 7) is 4.62. The molecule has 0 radical (unpaired) electrons. The van der Waals surface area contributed by atoms with Gasteiger partial charge in [-0.2, -0.15) is 13.2 Å². The second-order valence-corrected chi connectivity index (χ2v) is 6.91. The maximum atomic E-state index is 12.9. The third-order valence-electron chi connectivity index (χ3n) is 3.29. The van der Waals surface area contributed by atoms with Gasteiger partial charge in [0, 0.05) is 6.20 Å². The minimum atomic E-state index is -4.61. The van der Waals surface area contributed by atoms with Crippen molar-refractivity contribution in [1.82, 2.24) is 4.98 Å². The van der Waals surface area contributed by atoms with Gasteiger partial charge in [0.15, 0.2) is 0 Å². The number of halogens is 3. The van der Waals surface area contributed by atoms with Crippen LogP contribution in [0.5, 0.6) is 0 Å². The highest BCUT2D eigenvalue weighted by Crippen LogP contribution is 2.33. The van der Waals surface area contributed by atoms with Crippen molar-refractivity contribution in [3.63, 3.8) is 0 Å². The van der Waals surface area contributed by atoms with Crippen LogP contribution in [-0.4, -0.2) is 13.4 Å². The summed E-state index contributed by atoms with van der Waals surface area (Å²) in [5, 5.41) is 0. The normalized spacial score (nSPS) is 12.3. The first kappa shape index (κ1) is 17.3. The number of pyridine rings is 1. The number of rotatable bonds is 3. The number of sulfonamides is 1. The summed E-state index contributed by atoms with van der Waals surface area (Å²) in [6.07, 6.45) is -3.04. The van der Waals surface area contributed by atoms with Gasteiger partial charge in [-0.3, -0.25) is 9.71 Å². The average molecular weight is 344 g/mol. The van der Waals surface area contributed by atoms with Crippen molar-refractivity contribution in [1.29, 1.82) is 0 Å². The van der Waals surface area contributed by atoms with Gasteiger partial charge in [0.1, 0.15) is 0 Å². The van der Waals surface area contributed by atoms with E-state index in [2.05, 4.69) is 9.71 Å². The van der Waals surface area contributed by atoms with Crippen LogP contribution in [0.25, 0.3) is 0 Å². The fourth-order valence-electron chi connectivity index (χ4n) is 2.02. The second kappa shape index (κ2) is 5.84. The lowest BCUT2D eigenvalue weighted by atomic mass is 10.1. The fourth-order valence-corrected chi connectivity index (χ4v) is 3.15. The molecule has 0 spiro atoms. The van der Waals surface area contributed by atoms with Crippen molar-refractivity contribution < 1.29 is 21.6 Å². The monoisotopic (exact) mass is 344 g/mol. The zero-order valence-corrected chi connectivity index (χ0v) is 13.5. The standard InChI is InChI=1S/C15H15F3N2O2S/c1-9-6-14(11(3)19-8-9)20-23(21,22)12-5-4-10(2)13(7-12)15(16,17)18/h4-8,20H,1-3H3. The van der Waals surface area contributed by atoms with Crippen molar-refractivity contribution in [2.24, 2.45) is 0 Å². The van der Waals surface area contributed by atoms with Gasteiger partial charge < -0.3 is 0 Å². The predicted molar refractivity (Wildman–Crippen MR) is 80.7 cm³/mol. The Morgan fingerprint density at radius 1 is 1.09 bits per heavy atom. The molecular weight excluding hydrogens is 329 g/mol. The lowest BCUT2D eigenvalue weighted by molar-refractivity contribution is -0.138. The number of nitrogens with one attached hydrogen (secondary N) is 1. The molecule has 0 bridgehead atoms. The largest absolute Gasteiger partial charge is 0.416 e. The molecule has 0 amide bonds. The molecule has 8 heteroatoms. The average Bonchev–Trinajstić information content (AvgIpc) is 2.41. The zero-order valence-electron chi connectivity index (χ0n) is 12.7. The highest BCUT2D eigenvalue weighted by atomic mass is 32.2. The molecule has 2 rings (SSSR count). The van der Waals surface area contributed by atoms with Gasteiger partial charge in [-0.25, -0.2) is 8.42 Å². The maximum Gasteiger partial charge on any atom is 0.416 e. The molecule has 0 saturated heterocycles. The molecular formula is C15H15F3N2O2S. The minimum Gasteiger partial charge on any atom is -0.278 e. The van der Waals surface area contributed by atoms with Crippen molar-refractivity contribution in [2.45, 2.75) is 31.8 Å². The molecule has 1 aromatic carbocycles. The molecule has 124 valence electrons. The van der Waals surface area contributed by atoms with Crippen LogP contribution < -0.4 is 4.72 Å². The topological polar surface area (TPSA) is 59.1 Å². The van der Waals surface area contributed by atoms with E-state index in [-0.39, 0.29) is 11.3 Å². The summed E-state index contributed by atoms with van der Waals surface area (Å²) in [5.41, 5.74) is 0.388. The molecule has 1 N–H and O–H groups in total. The van der Waals surface area contributed by atoms with Gasteiger partial charge in [0.2, 0.25) is 0 Å². The lowest BCUT2D eigenvalue weighted by Gasteiger charge is -2.14. The summed E-state index contributed by atoms with van der Waals surface area (Å²) >= 11 is 0. The van der Waals surface area contributed by atoms with Crippen LogP contribution in [0.4, 0.5) is 18.9 Å². The highest BCUT2D eigenvalue weighted by molar-refractivity contribution is 7.92. The van der Waals surface area contributed by atoms with E-state index in [0.717, 1.165) is 17.7 Å². The van der Waals surface area contributed by atoms with E-state index < -0.39 is 26.7 Å². The molecule has 0 aliphatic rings. The van der Waals surface area contributed by atoms with E-state index >= 15 is 0 Å². The zero-order chi connectivity index (χ0) is 17.4. The minimum absolute atomic E-state index is 0.0372. The third kappa shape index (κ3) is 3.82. The summed E-state index contributed by atoms with van der Waals surface area (Å²) < 4.78 is 65.8. The second-order valence-electron chi connectivity index (χ2n) is 5.23. The summed E-state index contributed by atoms with van der Waals surface area (Å²) in [5.74, 6) is 0. The summed E-state index contributed by atoms with van der Waals surface area (Å²) in [4.78, 5) is 3.57. The van der Waals surface area contributed by atoms with Crippen molar-refractivity contribution in [2.75, 3.05) is 4.72 Å².